The van der Waals surface area contributed by atoms with Crippen LogP contribution in [-0.4, -0.2) is 150 Å². The number of rotatable bonds is 9. The molecule has 2 aliphatic rings. The Labute approximate surface area is 186 Å². The van der Waals surface area contributed by atoms with Crippen molar-refractivity contribution in [2.45, 2.75) is 73.4 Å². The highest BCUT2D eigenvalue weighted by atomic mass is 16.7. The molecule has 2 fully saturated rings. The van der Waals surface area contributed by atoms with Gasteiger partial charge in [0.05, 0.1) is 25.4 Å². The van der Waals surface area contributed by atoms with Crippen LogP contribution in [0.5, 0.6) is 0 Å². The van der Waals surface area contributed by atoms with Crippen molar-refractivity contribution in [3.63, 3.8) is 0 Å². The molecule has 2 aliphatic heterocycles. The van der Waals surface area contributed by atoms with Crippen molar-refractivity contribution in [2.75, 3.05) is 19.8 Å². The van der Waals surface area contributed by atoms with E-state index in [2.05, 4.69) is 5.32 Å². The molecule has 0 bridgehead atoms. The van der Waals surface area contributed by atoms with Gasteiger partial charge in [-0.15, -0.1) is 0 Å². The molecule has 0 spiro atoms. The van der Waals surface area contributed by atoms with Gasteiger partial charge in [-0.3, -0.25) is 4.79 Å². The monoisotopic (exact) mass is 487 g/mol. The van der Waals surface area contributed by atoms with Crippen LogP contribution >= 0.6 is 0 Å². The van der Waals surface area contributed by atoms with Crippen molar-refractivity contribution in [3.8, 4) is 0 Å². The minimum absolute atomic E-state index is 0.854. The molecule has 0 aromatic carbocycles. The van der Waals surface area contributed by atoms with Crippen LogP contribution in [-0.2, 0) is 23.8 Å². The Morgan fingerprint density at radius 1 is 1.09 bits per heavy atom. The first-order valence-electron chi connectivity index (χ1n) is 9.87. The molecule has 16 heteroatoms. The number of ether oxygens (including phenoxy) is 3. The quantitative estimate of drug-likeness (QED) is 0.144. The Hall–Kier alpha value is -1.54. The maximum Gasteiger partial charge on any atom is 0.364 e. The summed E-state index contributed by atoms with van der Waals surface area (Å²) in [6.07, 6.45) is -18.2. The van der Waals surface area contributed by atoms with Gasteiger partial charge in [-0.1, -0.05) is 0 Å². The normalized spacial score (nSPS) is 41.2. The van der Waals surface area contributed by atoms with Crippen molar-refractivity contribution >= 4 is 11.9 Å². The second kappa shape index (κ2) is 11.3. The number of carboxylic acid groups (broad SMARTS) is 1. The first-order chi connectivity index (χ1) is 15.4. The topological polar surface area (TPSA) is 276 Å². The molecule has 0 saturated carbocycles. The van der Waals surface area contributed by atoms with Crippen molar-refractivity contribution < 1.29 is 74.9 Å². The Balaban J connectivity index is 2.43. The largest absolute Gasteiger partial charge is 0.477 e. The highest BCUT2D eigenvalue weighted by Gasteiger charge is 2.59. The van der Waals surface area contributed by atoms with Crippen molar-refractivity contribution in [2.24, 2.45) is 0 Å². The molecule has 0 aromatic rings. The molecule has 16 nitrogen and oxygen atoms in total. The van der Waals surface area contributed by atoms with Crippen molar-refractivity contribution in [1.82, 2.24) is 5.32 Å². The fraction of sp³-hybridized carbons (Fsp3) is 0.882. The highest BCUT2D eigenvalue weighted by molar-refractivity contribution is 5.78. The van der Waals surface area contributed by atoms with Gasteiger partial charge < -0.3 is 70.6 Å². The molecule has 2 saturated heterocycles. The van der Waals surface area contributed by atoms with Crippen LogP contribution in [0.25, 0.3) is 0 Å². The summed E-state index contributed by atoms with van der Waals surface area (Å²) in [5.74, 6) is -5.90. The molecular weight excluding hydrogens is 458 g/mol. The summed E-state index contributed by atoms with van der Waals surface area (Å²) in [4.78, 5) is 23.8. The van der Waals surface area contributed by atoms with E-state index in [1.54, 1.807) is 0 Å². The predicted octanol–water partition coefficient (Wildman–Crippen LogP) is -7.08. The summed E-state index contributed by atoms with van der Waals surface area (Å²) in [5.41, 5.74) is 0. The number of amides is 1. The number of aliphatic hydroxyl groups excluding tert-OH is 9. The summed E-state index contributed by atoms with van der Waals surface area (Å²) in [7, 11) is 0. The van der Waals surface area contributed by atoms with Crippen LogP contribution in [0, 0.1) is 0 Å². The molecule has 1 amide bonds. The van der Waals surface area contributed by atoms with E-state index in [0.29, 0.717) is 0 Å². The summed E-state index contributed by atoms with van der Waals surface area (Å²) < 4.78 is 15.4. The Kier molecular flexibility index (Phi) is 9.45. The molecule has 0 aliphatic carbocycles. The molecule has 0 aromatic heterocycles. The molecule has 33 heavy (non-hydrogen) atoms. The van der Waals surface area contributed by atoms with E-state index >= 15 is 0 Å². The third-order valence-electron chi connectivity index (χ3n) is 5.45. The van der Waals surface area contributed by atoms with Crippen LogP contribution in [0.2, 0.25) is 0 Å². The zero-order chi connectivity index (χ0) is 25.1. The van der Waals surface area contributed by atoms with Gasteiger partial charge in [0.25, 0.3) is 5.79 Å². The lowest BCUT2D eigenvalue weighted by Gasteiger charge is -2.49. The number of aliphatic carboxylic acids is 1. The summed E-state index contributed by atoms with van der Waals surface area (Å²) in [6, 6.07) is -1.60. The minimum atomic E-state index is -2.93. The summed E-state index contributed by atoms with van der Waals surface area (Å²) in [6.45, 7) is -2.93. The average molecular weight is 487 g/mol. The third-order valence-corrected chi connectivity index (χ3v) is 5.45. The zero-order valence-electron chi connectivity index (χ0n) is 17.1. The van der Waals surface area contributed by atoms with E-state index in [4.69, 9.17) is 24.4 Å². The summed E-state index contributed by atoms with van der Waals surface area (Å²) >= 11 is 0. The Morgan fingerprint density at radius 3 is 2.24 bits per heavy atom. The summed E-state index contributed by atoms with van der Waals surface area (Å²) in [5, 5.41) is 100. The molecule has 0 unspecified atom stereocenters. The van der Waals surface area contributed by atoms with Crippen LogP contribution in [0.1, 0.15) is 6.42 Å². The first-order valence-corrected chi connectivity index (χ1v) is 9.87. The Bertz CT molecular complexity index is 681. The predicted molar refractivity (Wildman–Crippen MR) is 98.8 cm³/mol. The van der Waals surface area contributed by atoms with Gasteiger partial charge in [0.15, 0.2) is 6.29 Å². The van der Waals surface area contributed by atoms with Gasteiger partial charge in [0.1, 0.15) is 49.3 Å². The smallest absolute Gasteiger partial charge is 0.364 e. The van der Waals surface area contributed by atoms with Gasteiger partial charge in [0, 0.05) is 6.42 Å². The lowest BCUT2D eigenvalue weighted by molar-refractivity contribution is -0.366. The number of nitrogens with one attached hydrogen (secondary N) is 1. The number of hydrogen-bond acceptors (Lipinski definition) is 14. The molecular formula is C17H29NO15. The molecule has 0 radical (unpaired) electrons. The lowest BCUT2D eigenvalue weighted by atomic mass is 9.88. The molecule has 11 atom stereocenters. The van der Waals surface area contributed by atoms with Gasteiger partial charge in [-0.2, -0.15) is 0 Å². The number of carbonyl (C=O) groups is 2. The Morgan fingerprint density at radius 2 is 1.73 bits per heavy atom. The average Bonchev–Trinajstić information content (AvgIpc) is 2.79. The maximum atomic E-state index is 12.1. The van der Waals surface area contributed by atoms with E-state index < -0.39 is 105 Å². The SMILES string of the molecule is O=C(CO)N[C@H]1[C@H]([C@H](O)[C@H](O)CO)O[C@@](O[C@@H]2[C@H](O)[C@H](O)O[C@H](CO)[C@H]2O)(C(=O)O)C[C@@H]1O. The standard InChI is InChI=1S/C17H29NO15/c19-2-6(23)10(25)13-9(18-8(24)4-21)5(22)1-17(32-13,16(29)30)33-14-11(26)7(3-20)31-15(28)12(14)27/h5-7,9-15,19-23,25-28H,1-4H2,(H,18,24)(H,29,30)/t5-,6+,7+,9+,10+,11+,12-,13+,14-,15+,17-/m0/s1. The number of carboxylic acids is 1. The van der Waals surface area contributed by atoms with E-state index in [0.717, 1.165) is 0 Å². The number of hydrogen-bond donors (Lipinski definition) is 11. The molecule has 11 N–H and O–H groups in total. The molecule has 2 heterocycles. The fourth-order valence-corrected chi connectivity index (χ4v) is 3.67. The van der Waals surface area contributed by atoms with Crippen molar-refractivity contribution in [1.29, 1.82) is 0 Å². The van der Waals surface area contributed by atoms with E-state index in [-0.39, 0.29) is 0 Å². The third kappa shape index (κ3) is 5.76. The van der Waals surface area contributed by atoms with Crippen LogP contribution in [0.15, 0.2) is 0 Å². The van der Waals surface area contributed by atoms with E-state index in [9.17, 15) is 50.4 Å². The van der Waals surface area contributed by atoms with Crippen molar-refractivity contribution in [3.05, 3.63) is 0 Å². The fourth-order valence-electron chi connectivity index (χ4n) is 3.67. The van der Waals surface area contributed by atoms with E-state index in [1.807, 2.05) is 0 Å². The first kappa shape index (κ1) is 27.7. The van der Waals surface area contributed by atoms with Gasteiger partial charge in [-0.05, 0) is 0 Å². The van der Waals surface area contributed by atoms with E-state index in [1.165, 1.54) is 0 Å². The number of carbonyl (C=O) groups excluding carboxylic acids is 1. The second-order valence-corrected chi connectivity index (χ2v) is 7.72. The van der Waals surface area contributed by atoms with Crippen LogP contribution in [0.4, 0.5) is 0 Å². The van der Waals surface area contributed by atoms with Crippen LogP contribution < -0.4 is 5.32 Å². The van der Waals surface area contributed by atoms with Gasteiger partial charge >= 0.3 is 5.97 Å². The maximum absolute atomic E-state index is 12.1. The highest BCUT2D eigenvalue weighted by Crippen LogP contribution is 2.37. The molecule has 2 rings (SSSR count). The second-order valence-electron chi connectivity index (χ2n) is 7.72. The number of aliphatic hydroxyl groups is 9. The van der Waals surface area contributed by atoms with Crippen LogP contribution in [0.3, 0.4) is 0 Å². The lowest BCUT2D eigenvalue weighted by Crippen LogP contribution is -2.70. The minimum Gasteiger partial charge on any atom is -0.477 e. The zero-order valence-corrected chi connectivity index (χ0v) is 17.1. The molecule has 192 valence electrons. The van der Waals surface area contributed by atoms with Gasteiger partial charge in [0.2, 0.25) is 5.91 Å². The van der Waals surface area contributed by atoms with Gasteiger partial charge in [-0.25, -0.2) is 4.79 Å².